The van der Waals surface area contributed by atoms with Gasteiger partial charge in [0.1, 0.15) is 5.76 Å². The second kappa shape index (κ2) is 4.44. The number of hydrogen-bond donors (Lipinski definition) is 1. The van der Waals surface area contributed by atoms with Gasteiger partial charge in [0.25, 0.3) is 0 Å². The normalized spacial score (nSPS) is 23.2. The maximum absolute atomic E-state index is 11.9. The van der Waals surface area contributed by atoms with E-state index in [1.165, 1.54) is 0 Å². The van der Waals surface area contributed by atoms with Crippen LogP contribution in [0.15, 0.2) is 30.0 Å². The van der Waals surface area contributed by atoms with Crippen LogP contribution in [0.4, 0.5) is 0 Å². The summed E-state index contributed by atoms with van der Waals surface area (Å²) in [4.78, 5) is 9.79. The molecule has 16 heavy (non-hydrogen) atoms. The summed E-state index contributed by atoms with van der Waals surface area (Å²) in [7, 11) is -3.64. The molecule has 1 atom stereocenters. The van der Waals surface area contributed by atoms with Crippen LogP contribution in [0.2, 0.25) is 0 Å². The molecule has 1 unspecified atom stereocenters. The SMILES string of the molecule is CCCCC1=Cc2ccccc2P(=O)(O)O1. The summed E-state index contributed by atoms with van der Waals surface area (Å²) >= 11 is 0. The van der Waals surface area contributed by atoms with Crippen LogP contribution in [0.25, 0.3) is 6.08 Å². The fourth-order valence-electron chi connectivity index (χ4n) is 1.74. The Balaban J connectivity index is 2.36. The summed E-state index contributed by atoms with van der Waals surface area (Å²) in [6, 6.07) is 7.09. The van der Waals surface area contributed by atoms with Crippen LogP contribution in [0.1, 0.15) is 31.7 Å². The lowest BCUT2D eigenvalue weighted by Crippen LogP contribution is -2.14. The van der Waals surface area contributed by atoms with Crippen LogP contribution in [0.5, 0.6) is 0 Å². The molecule has 0 aliphatic carbocycles. The van der Waals surface area contributed by atoms with Crippen LogP contribution in [-0.4, -0.2) is 4.89 Å². The van der Waals surface area contributed by atoms with Crippen LogP contribution in [0.3, 0.4) is 0 Å². The molecule has 0 bridgehead atoms. The van der Waals surface area contributed by atoms with Gasteiger partial charge in [-0.3, -0.25) is 0 Å². The molecular weight excluding hydrogens is 223 g/mol. The minimum atomic E-state index is -3.64. The van der Waals surface area contributed by atoms with Crippen LogP contribution < -0.4 is 5.30 Å². The third-order valence-electron chi connectivity index (χ3n) is 2.58. The molecule has 3 nitrogen and oxygen atoms in total. The number of unbranched alkanes of at least 4 members (excludes halogenated alkanes) is 1. The van der Waals surface area contributed by atoms with Crippen molar-refractivity contribution in [3.63, 3.8) is 0 Å². The topological polar surface area (TPSA) is 46.5 Å². The van der Waals surface area contributed by atoms with E-state index in [1.54, 1.807) is 12.1 Å². The lowest BCUT2D eigenvalue weighted by molar-refractivity contribution is 0.324. The van der Waals surface area contributed by atoms with E-state index in [2.05, 4.69) is 6.92 Å². The van der Waals surface area contributed by atoms with Gasteiger partial charge in [0.05, 0.1) is 5.30 Å². The van der Waals surface area contributed by atoms with Gasteiger partial charge < -0.3 is 9.42 Å². The van der Waals surface area contributed by atoms with Gasteiger partial charge in [-0.2, -0.15) is 0 Å². The van der Waals surface area contributed by atoms with Crippen molar-refractivity contribution in [2.24, 2.45) is 0 Å². The predicted octanol–water partition coefficient (Wildman–Crippen LogP) is 3.06. The first-order valence-corrected chi connectivity index (χ1v) is 7.04. The number of fused-ring (bicyclic) bond motifs is 1. The molecule has 1 aliphatic rings. The Morgan fingerprint density at radius 1 is 1.38 bits per heavy atom. The molecule has 1 aromatic rings. The Labute approximate surface area is 95.3 Å². The van der Waals surface area contributed by atoms with E-state index < -0.39 is 7.60 Å². The molecule has 1 aliphatic heterocycles. The second-order valence-electron chi connectivity index (χ2n) is 3.88. The van der Waals surface area contributed by atoms with E-state index in [-0.39, 0.29) is 0 Å². The highest BCUT2D eigenvalue weighted by Gasteiger charge is 2.31. The molecule has 0 spiro atoms. The molecule has 1 aromatic carbocycles. The maximum atomic E-state index is 11.9. The molecule has 0 fully saturated rings. The van der Waals surface area contributed by atoms with Crippen molar-refractivity contribution in [1.29, 1.82) is 0 Å². The Hall–Kier alpha value is -1.05. The lowest BCUT2D eigenvalue weighted by atomic mass is 10.1. The Kier molecular flexibility index (Phi) is 3.17. The van der Waals surface area contributed by atoms with Gasteiger partial charge in [-0.25, -0.2) is 4.57 Å². The second-order valence-corrected chi connectivity index (χ2v) is 5.59. The summed E-state index contributed by atoms with van der Waals surface area (Å²) in [6.45, 7) is 2.08. The van der Waals surface area contributed by atoms with Crippen molar-refractivity contribution in [2.75, 3.05) is 0 Å². The van der Waals surface area contributed by atoms with Crippen LogP contribution in [-0.2, 0) is 9.09 Å². The summed E-state index contributed by atoms with van der Waals surface area (Å²) < 4.78 is 17.1. The van der Waals surface area contributed by atoms with Gasteiger partial charge >= 0.3 is 7.60 Å². The molecule has 0 saturated carbocycles. The van der Waals surface area contributed by atoms with Crippen molar-refractivity contribution in [2.45, 2.75) is 26.2 Å². The quantitative estimate of drug-likeness (QED) is 0.823. The fraction of sp³-hybridized carbons (Fsp3) is 0.333. The molecule has 86 valence electrons. The molecular formula is C12H15O3P. The summed E-state index contributed by atoms with van der Waals surface area (Å²) in [5, 5.41) is 0.398. The zero-order valence-electron chi connectivity index (χ0n) is 9.22. The van der Waals surface area contributed by atoms with Crippen LogP contribution >= 0.6 is 7.60 Å². The fourth-order valence-corrected chi connectivity index (χ4v) is 3.04. The molecule has 0 amide bonds. The zero-order chi connectivity index (χ0) is 11.6. The number of allylic oxidation sites excluding steroid dienone is 1. The van der Waals surface area contributed by atoms with Crippen molar-refractivity contribution >= 4 is 19.0 Å². The largest absolute Gasteiger partial charge is 0.426 e. The monoisotopic (exact) mass is 238 g/mol. The first kappa shape index (κ1) is 11.4. The number of benzene rings is 1. The molecule has 0 radical (unpaired) electrons. The minimum Gasteiger partial charge on any atom is -0.426 e. The molecule has 0 saturated heterocycles. The van der Waals surface area contributed by atoms with Gasteiger partial charge in [-0.15, -0.1) is 0 Å². The highest BCUT2D eigenvalue weighted by molar-refractivity contribution is 7.61. The molecule has 4 heteroatoms. The summed E-state index contributed by atoms with van der Waals surface area (Å²) in [5.74, 6) is 0.617. The third kappa shape index (κ3) is 2.21. The van der Waals surface area contributed by atoms with E-state index in [9.17, 15) is 9.46 Å². The Bertz CT molecular complexity index is 465. The van der Waals surface area contributed by atoms with E-state index in [0.29, 0.717) is 11.1 Å². The van der Waals surface area contributed by atoms with E-state index in [4.69, 9.17) is 4.52 Å². The van der Waals surface area contributed by atoms with Gasteiger partial charge in [0, 0.05) is 6.42 Å². The molecule has 1 N–H and O–H groups in total. The van der Waals surface area contributed by atoms with Gasteiger partial charge in [-0.05, 0) is 24.1 Å². The van der Waals surface area contributed by atoms with Gasteiger partial charge in [-0.1, -0.05) is 31.5 Å². The summed E-state index contributed by atoms with van der Waals surface area (Å²) in [5.41, 5.74) is 0.797. The van der Waals surface area contributed by atoms with Crippen molar-refractivity contribution in [3.8, 4) is 0 Å². The zero-order valence-corrected chi connectivity index (χ0v) is 10.1. The lowest BCUT2D eigenvalue weighted by Gasteiger charge is -2.22. The summed E-state index contributed by atoms with van der Waals surface area (Å²) in [6.07, 6.45) is 4.58. The molecule has 2 rings (SSSR count). The first-order valence-electron chi connectivity index (χ1n) is 5.46. The highest BCUT2D eigenvalue weighted by atomic mass is 31.2. The molecule has 0 aromatic heterocycles. The first-order chi connectivity index (χ1) is 7.63. The van der Waals surface area contributed by atoms with Gasteiger partial charge in [0.15, 0.2) is 0 Å². The van der Waals surface area contributed by atoms with Crippen molar-refractivity contribution < 1.29 is 14.0 Å². The maximum Gasteiger partial charge on any atom is 0.408 e. The van der Waals surface area contributed by atoms with E-state index >= 15 is 0 Å². The molecule has 1 heterocycles. The third-order valence-corrected chi connectivity index (χ3v) is 4.07. The average Bonchev–Trinajstić information content (AvgIpc) is 2.25. The predicted molar refractivity (Wildman–Crippen MR) is 64.5 cm³/mol. The van der Waals surface area contributed by atoms with E-state index in [0.717, 1.165) is 24.8 Å². The number of rotatable bonds is 3. The number of hydrogen-bond acceptors (Lipinski definition) is 2. The highest BCUT2D eigenvalue weighted by Crippen LogP contribution is 2.48. The van der Waals surface area contributed by atoms with Crippen LogP contribution in [0, 0.1) is 0 Å². The Morgan fingerprint density at radius 3 is 2.88 bits per heavy atom. The smallest absolute Gasteiger partial charge is 0.408 e. The standard InChI is InChI=1S/C12H15O3P/c1-2-3-7-11-9-10-6-4-5-8-12(10)16(13,14)15-11/h4-6,8-9H,2-3,7H2,1H3,(H,13,14). The van der Waals surface area contributed by atoms with Crippen molar-refractivity contribution in [1.82, 2.24) is 0 Å². The van der Waals surface area contributed by atoms with Gasteiger partial charge in [0.2, 0.25) is 0 Å². The van der Waals surface area contributed by atoms with Crippen molar-refractivity contribution in [3.05, 3.63) is 35.6 Å². The Morgan fingerprint density at radius 2 is 2.12 bits per heavy atom. The average molecular weight is 238 g/mol. The van der Waals surface area contributed by atoms with E-state index in [1.807, 2.05) is 18.2 Å². The minimum absolute atomic E-state index is 0.398.